The Morgan fingerprint density at radius 2 is 1.75 bits per heavy atom. The number of benzene rings is 2. The predicted octanol–water partition coefficient (Wildman–Crippen LogP) is 4.73. The summed E-state index contributed by atoms with van der Waals surface area (Å²) in [5.74, 6) is 0.672. The van der Waals surface area contributed by atoms with Crippen molar-refractivity contribution in [1.29, 1.82) is 0 Å². The topological polar surface area (TPSA) is 35.2 Å². The van der Waals surface area contributed by atoms with Crippen LogP contribution in [0.3, 0.4) is 0 Å². The smallest absolute Gasteiger partial charge is 0.141 e. The largest absolute Gasteiger partial charge is 0.487 e. The summed E-state index contributed by atoms with van der Waals surface area (Å²) in [6.07, 6.45) is 0.720. The van der Waals surface area contributed by atoms with Crippen LogP contribution in [0, 0.1) is 0 Å². The van der Waals surface area contributed by atoms with Gasteiger partial charge in [-0.1, -0.05) is 53.0 Å². The van der Waals surface area contributed by atoms with Crippen LogP contribution in [-0.4, -0.2) is 6.54 Å². The molecule has 0 radical (unpaired) electrons. The summed E-state index contributed by atoms with van der Waals surface area (Å²) >= 11 is 18.0. The molecule has 2 aromatic rings. The number of halogens is 3. The molecule has 0 spiro atoms. The second-order valence-electron chi connectivity index (χ2n) is 4.30. The van der Waals surface area contributed by atoms with Crippen molar-refractivity contribution in [1.82, 2.24) is 0 Å². The van der Waals surface area contributed by atoms with E-state index in [0.29, 0.717) is 34.0 Å². The Bertz CT molecular complexity index is 602. The summed E-state index contributed by atoms with van der Waals surface area (Å²) in [4.78, 5) is 0. The standard InChI is InChI=1S/C15H14Cl3NO/c16-12-5-4-10(8-14(12)18)9-20-15-11(6-7-19)2-1-3-13(15)17/h1-5,8H,6-7,9,19H2. The molecule has 0 fully saturated rings. The summed E-state index contributed by atoms with van der Waals surface area (Å²) in [5.41, 5.74) is 7.52. The van der Waals surface area contributed by atoms with E-state index in [2.05, 4.69) is 0 Å². The Labute approximate surface area is 133 Å². The molecule has 0 saturated carbocycles. The van der Waals surface area contributed by atoms with Gasteiger partial charge in [-0.15, -0.1) is 0 Å². The maximum atomic E-state index is 6.17. The third kappa shape index (κ3) is 3.80. The first-order valence-corrected chi connectivity index (χ1v) is 7.29. The first kappa shape index (κ1) is 15.5. The van der Waals surface area contributed by atoms with Crippen molar-refractivity contribution in [3.8, 4) is 5.75 Å². The molecule has 0 aromatic heterocycles. The molecule has 0 heterocycles. The predicted molar refractivity (Wildman–Crippen MR) is 85.0 cm³/mol. The molecule has 5 heteroatoms. The van der Waals surface area contributed by atoms with Gasteiger partial charge in [0.1, 0.15) is 12.4 Å². The van der Waals surface area contributed by atoms with Crippen LogP contribution in [0.4, 0.5) is 0 Å². The maximum Gasteiger partial charge on any atom is 0.141 e. The molecular weight excluding hydrogens is 317 g/mol. The molecule has 20 heavy (non-hydrogen) atoms. The SMILES string of the molecule is NCCc1cccc(Cl)c1OCc1ccc(Cl)c(Cl)c1. The summed E-state index contributed by atoms with van der Waals surface area (Å²) in [6.45, 7) is 0.918. The lowest BCUT2D eigenvalue weighted by atomic mass is 10.1. The lowest BCUT2D eigenvalue weighted by molar-refractivity contribution is 0.303. The van der Waals surface area contributed by atoms with Gasteiger partial charge in [0.2, 0.25) is 0 Å². The van der Waals surface area contributed by atoms with Crippen molar-refractivity contribution in [3.05, 3.63) is 62.6 Å². The number of rotatable bonds is 5. The number of hydrogen-bond donors (Lipinski definition) is 1. The van der Waals surface area contributed by atoms with Crippen molar-refractivity contribution in [2.24, 2.45) is 5.73 Å². The lowest BCUT2D eigenvalue weighted by Gasteiger charge is -2.13. The minimum atomic E-state index is 0.373. The average Bonchev–Trinajstić information content (AvgIpc) is 2.42. The van der Waals surface area contributed by atoms with E-state index in [4.69, 9.17) is 45.3 Å². The van der Waals surface area contributed by atoms with Crippen LogP contribution < -0.4 is 10.5 Å². The highest BCUT2D eigenvalue weighted by Gasteiger charge is 2.08. The van der Waals surface area contributed by atoms with Crippen molar-refractivity contribution in [2.75, 3.05) is 6.54 Å². The normalized spacial score (nSPS) is 10.6. The van der Waals surface area contributed by atoms with E-state index in [1.54, 1.807) is 18.2 Å². The van der Waals surface area contributed by atoms with E-state index in [0.717, 1.165) is 17.5 Å². The molecule has 0 amide bonds. The lowest BCUT2D eigenvalue weighted by Crippen LogP contribution is -2.06. The molecule has 0 atom stereocenters. The van der Waals surface area contributed by atoms with Crippen LogP contribution >= 0.6 is 34.8 Å². The van der Waals surface area contributed by atoms with Crippen LogP contribution in [0.25, 0.3) is 0 Å². The minimum absolute atomic E-state index is 0.373. The summed E-state index contributed by atoms with van der Waals surface area (Å²) in [7, 11) is 0. The van der Waals surface area contributed by atoms with Crippen LogP contribution in [0.15, 0.2) is 36.4 Å². The zero-order valence-corrected chi connectivity index (χ0v) is 13.0. The van der Waals surface area contributed by atoms with Crippen LogP contribution in [-0.2, 0) is 13.0 Å². The van der Waals surface area contributed by atoms with E-state index < -0.39 is 0 Å². The number of hydrogen-bond acceptors (Lipinski definition) is 2. The summed E-state index contributed by atoms with van der Waals surface area (Å²) in [6, 6.07) is 11.0. The van der Waals surface area contributed by atoms with E-state index >= 15 is 0 Å². The molecule has 2 nitrogen and oxygen atoms in total. The molecule has 0 saturated heterocycles. The van der Waals surface area contributed by atoms with E-state index in [1.165, 1.54) is 0 Å². The summed E-state index contributed by atoms with van der Waals surface area (Å²) < 4.78 is 5.81. The van der Waals surface area contributed by atoms with Gasteiger partial charge >= 0.3 is 0 Å². The van der Waals surface area contributed by atoms with Crippen LogP contribution in [0.1, 0.15) is 11.1 Å². The van der Waals surface area contributed by atoms with Crippen molar-refractivity contribution in [2.45, 2.75) is 13.0 Å². The molecule has 2 aromatic carbocycles. The molecule has 0 aliphatic rings. The highest BCUT2D eigenvalue weighted by Crippen LogP contribution is 2.30. The Balaban J connectivity index is 2.15. The first-order chi connectivity index (χ1) is 9.61. The van der Waals surface area contributed by atoms with Gasteiger partial charge in [-0.2, -0.15) is 0 Å². The fraction of sp³-hybridized carbons (Fsp3) is 0.200. The van der Waals surface area contributed by atoms with Gasteiger partial charge in [0, 0.05) is 0 Å². The highest BCUT2D eigenvalue weighted by atomic mass is 35.5. The fourth-order valence-electron chi connectivity index (χ4n) is 1.85. The Hall–Kier alpha value is -0.930. The number of para-hydroxylation sites is 1. The molecule has 2 rings (SSSR count). The van der Waals surface area contributed by atoms with Gasteiger partial charge < -0.3 is 10.5 Å². The van der Waals surface area contributed by atoms with Gasteiger partial charge in [0.15, 0.2) is 0 Å². The zero-order valence-electron chi connectivity index (χ0n) is 10.7. The second-order valence-corrected chi connectivity index (χ2v) is 5.53. The Kier molecular flexibility index (Phi) is 5.55. The van der Waals surface area contributed by atoms with Crippen molar-refractivity contribution in [3.63, 3.8) is 0 Å². The first-order valence-electron chi connectivity index (χ1n) is 6.16. The van der Waals surface area contributed by atoms with Gasteiger partial charge in [-0.25, -0.2) is 0 Å². The minimum Gasteiger partial charge on any atom is -0.487 e. The van der Waals surface area contributed by atoms with Gasteiger partial charge in [-0.05, 0) is 42.3 Å². The quantitative estimate of drug-likeness (QED) is 0.860. The van der Waals surface area contributed by atoms with Crippen LogP contribution in [0.5, 0.6) is 5.75 Å². The second kappa shape index (κ2) is 7.19. The third-order valence-electron chi connectivity index (χ3n) is 2.83. The van der Waals surface area contributed by atoms with Gasteiger partial charge in [0.05, 0.1) is 15.1 Å². The molecule has 2 N–H and O–H groups in total. The van der Waals surface area contributed by atoms with E-state index in [1.807, 2.05) is 18.2 Å². The van der Waals surface area contributed by atoms with Crippen molar-refractivity contribution >= 4 is 34.8 Å². The Morgan fingerprint density at radius 3 is 2.45 bits per heavy atom. The van der Waals surface area contributed by atoms with E-state index in [-0.39, 0.29) is 0 Å². The molecule has 0 bridgehead atoms. The number of nitrogens with two attached hydrogens (primary N) is 1. The van der Waals surface area contributed by atoms with Gasteiger partial charge in [0.25, 0.3) is 0 Å². The fourth-order valence-corrected chi connectivity index (χ4v) is 2.42. The highest BCUT2D eigenvalue weighted by molar-refractivity contribution is 6.42. The summed E-state index contributed by atoms with van der Waals surface area (Å²) in [5, 5.41) is 1.61. The Morgan fingerprint density at radius 1 is 0.950 bits per heavy atom. The zero-order chi connectivity index (χ0) is 14.5. The van der Waals surface area contributed by atoms with Crippen LogP contribution in [0.2, 0.25) is 15.1 Å². The molecular formula is C15H14Cl3NO. The molecule has 106 valence electrons. The monoisotopic (exact) mass is 329 g/mol. The molecule has 0 unspecified atom stereocenters. The molecule has 0 aliphatic carbocycles. The van der Waals surface area contributed by atoms with E-state index in [9.17, 15) is 0 Å². The maximum absolute atomic E-state index is 6.17. The van der Waals surface area contributed by atoms with Crippen molar-refractivity contribution < 1.29 is 4.74 Å². The molecule has 0 aliphatic heterocycles. The third-order valence-corrected chi connectivity index (χ3v) is 3.87. The number of ether oxygens (including phenoxy) is 1. The van der Waals surface area contributed by atoms with Gasteiger partial charge in [-0.3, -0.25) is 0 Å². The average molecular weight is 331 g/mol.